The molecule has 0 spiro atoms. The van der Waals surface area contributed by atoms with E-state index in [1.165, 1.54) is 0 Å². The molecule has 52 heavy (non-hydrogen) atoms. The monoisotopic (exact) mass is 731 g/mol. The Labute approximate surface area is 322 Å². The molecule has 0 aliphatic heterocycles. The predicted molar refractivity (Wildman–Crippen MR) is 226 cm³/mol. The SMILES string of the molecule is BC(c1ccc(C(B)P(C23CC4CC(CC(C4)C2)C3)C23CC4CC(CC(C4)C2)C3)cc1)P(C12CC3CC(CC(C3)C1)C2)C12CC3CC(CC(C3)C1)C2. The van der Waals surface area contributed by atoms with Crippen LogP contribution in [0.5, 0.6) is 0 Å². The molecule has 16 bridgehead atoms. The molecule has 0 saturated heterocycles. The second-order valence-corrected chi connectivity index (χ2v) is 31.2. The Balaban J connectivity index is 0.863. The Kier molecular flexibility index (Phi) is 7.31. The summed E-state index contributed by atoms with van der Waals surface area (Å²) in [5.74, 6) is 13.1. The van der Waals surface area contributed by atoms with E-state index in [0.29, 0.717) is 0 Å². The van der Waals surface area contributed by atoms with E-state index in [4.69, 9.17) is 0 Å². The van der Waals surface area contributed by atoms with Crippen LogP contribution in [0.3, 0.4) is 0 Å². The fraction of sp³-hybridized carbons (Fsp3) is 0.875. The predicted octanol–water partition coefficient (Wildman–Crippen LogP) is 11.8. The van der Waals surface area contributed by atoms with E-state index < -0.39 is 0 Å². The fourth-order valence-corrected chi connectivity index (χ4v) is 33.1. The van der Waals surface area contributed by atoms with Crippen LogP contribution in [-0.4, -0.2) is 36.3 Å². The lowest BCUT2D eigenvalue weighted by Crippen LogP contribution is -2.57. The first-order valence-electron chi connectivity index (χ1n) is 23.9. The van der Waals surface area contributed by atoms with Crippen LogP contribution in [0, 0.1) is 71.0 Å². The highest BCUT2D eigenvalue weighted by molar-refractivity contribution is 7.63. The maximum absolute atomic E-state index is 2.83. The summed E-state index contributed by atoms with van der Waals surface area (Å²) in [5.41, 5.74) is 5.20. The van der Waals surface area contributed by atoms with E-state index in [-0.39, 0.29) is 15.8 Å². The third kappa shape index (κ3) is 4.86. The van der Waals surface area contributed by atoms with Crippen molar-refractivity contribution in [3.8, 4) is 0 Å². The van der Waals surface area contributed by atoms with Gasteiger partial charge in [-0.25, -0.2) is 0 Å². The highest BCUT2D eigenvalue weighted by Gasteiger charge is 2.65. The number of hydrogen-bond donors (Lipinski definition) is 0. The van der Waals surface area contributed by atoms with Gasteiger partial charge < -0.3 is 0 Å². The van der Waals surface area contributed by atoms with Gasteiger partial charge in [0, 0.05) is 0 Å². The third-order valence-corrected chi connectivity index (χ3v) is 29.2. The van der Waals surface area contributed by atoms with Crippen LogP contribution in [0.2, 0.25) is 0 Å². The first kappa shape index (κ1) is 33.2. The van der Waals surface area contributed by atoms with E-state index >= 15 is 0 Å². The van der Waals surface area contributed by atoms with Gasteiger partial charge in [-0.2, -0.15) is 0 Å². The molecule has 17 rings (SSSR count). The van der Waals surface area contributed by atoms with Crippen molar-refractivity contribution >= 4 is 31.5 Å². The lowest BCUT2D eigenvalue weighted by atomic mass is 9.55. The van der Waals surface area contributed by atoms with Gasteiger partial charge in [0.1, 0.15) is 15.7 Å². The van der Waals surface area contributed by atoms with Crippen molar-refractivity contribution in [3.05, 3.63) is 35.4 Å². The number of benzene rings is 1. The quantitative estimate of drug-likeness (QED) is 0.185. The van der Waals surface area contributed by atoms with Crippen LogP contribution < -0.4 is 0 Å². The van der Waals surface area contributed by atoms with E-state index in [1.54, 1.807) is 165 Å². The van der Waals surface area contributed by atoms with Gasteiger partial charge in [-0.3, -0.25) is 0 Å². The first-order valence-corrected chi connectivity index (χ1v) is 26.7. The fourth-order valence-electron chi connectivity index (χ4n) is 21.4. The Hall–Kier alpha value is 0.210. The minimum atomic E-state index is -0.0174. The van der Waals surface area contributed by atoms with Crippen molar-refractivity contribution in [3.63, 3.8) is 0 Å². The van der Waals surface area contributed by atoms with Crippen LogP contribution in [0.1, 0.15) is 176 Å². The van der Waals surface area contributed by atoms with Gasteiger partial charge in [-0.05, 0) is 268 Å². The van der Waals surface area contributed by atoms with Gasteiger partial charge in [0.2, 0.25) is 0 Å². The lowest BCUT2D eigenvalue weighted by molar-refractivity contribution is 0.0180. The molecule has 0 amide bonds. The standard InChI is InChI=1S/C48H70B2P2/c49-43(51(45-17-29-5-30(18-45)7-31(6-29)19-45)46-20-32-8-33(21-46)10-34(9-32)22-46)41-1-2-42(4-3-41)44(50)52(47-23-35-11-36(24-47)13-37(12-35)25-47)48-26-38-14-39(27-48)16-40(15-38)28-48/h1-4,29-40,43-44H,5-28,49-50H2. The molecule has 2 atom stereocenters. The molecule has 0 aromatic heterocycles. The maximum atomic E-state index is 2.83. The highest BCUT2D eigenvalue weighted by Crippen LogP contribution is 2.84. The van der Waals surface area contributed by atoms with Crippen LogP contribution in [0.15, 0.2) is 24.3 Å². The normalized spacial score (nSPS) is 56.3. The topological polar surface area (TPSA) is 0 Å². The smallest absolute Gasteiger partial charge is 0.0945 e. The summed E-state index contributed by atoms with van der Waals surface area (Å²) in [4.78, 5) is 0. The summed E-state index contributed by atoms with van der Waals surface area (Å²) in [7, 11) is 5.63. The molecule has 2 unspecified atom stereocenters. The maximum Gasteiger partial charge on any atom is 0.116 e. The summed E-state index contributed by atoms with van der Waals surface area (Å²) < 4.78 is 0. The molecule has 16 aliphatic rings. The van der Waals surface area contributed by atoms with Crippen molar-refractivity contribution < 1.29 is 0 Å². The highest BCUT2D eigenvalue weighted by atomic mass is 31.1. The van der Waals surface area contributed by atoms with E-state index in [9.17, 15) is 0 Å². The second kappa shape index (κ2) is 11.4. The van der Waals surface area contributed by atoms with Gasteiger partial charge in [-0.15, -0.1) is 0 Å². The van der Waals surface area contributed by atoms with Gasteiger partial charge in [0.05, 0.1) is 0 Å². The summed E-state index contributed by atoms with van der Waals surface area (Å²) in [6.07, 6.45) is 39.1. The van der Waals surface area contributed by atoms with Crippen LogP contribution in [-0.2, 0) is 0 Å². The second-order valence-electron chi connectivity index (χ2n) is 24.3. The van der Waals surface area contributed by atoms with Crippen molar-refractivity contribution in [2.24, 2.45) is 71.0 Å². The van der Waals surface area contributed by atoms with Gasteiger partial charge in [0.15, 0.2) is 0 Å². The zero-order valence-corrected chi connectivity index (χ0v) is 35.0. The van der Waals surface area contributed by atoms with E-state index in [1.807, 2.05) is 0 Å². The average Bonchev–Trinajstić information content (AvgIpc) is 3.05. The Morgan fingerprint density at radius 2 is 0.481 bits per heavy atom. The third-order valence-electron chi connectivity index (χ3n) is 20.7. The Morgan fingerprint density at radius 1 is 0.327 bits per heavy atom. The molecule has 16 saturated carbocycles. The number of hydrogen-bond acceptors (Lipinski definition) is 0. The van der Waals surface area contributed by atoms with Crippen LogP contribution >= 0.6 is 15.8 Å². The van der Waals surface area contributed by atoms with Crippen molar-refractivity contribution in [1.29, 1.82) is 0 Å². The molecule has 4 heteroatoms. The average molecular weight is 731 g/mol. The zero-order valence-electron chi connectivity index (χ0n) is 33.3. The Bertz CT molecular complexity index is 1250. The molecule has 1 aromatic carbocycles. The van der Waals surface area contributed by atoms with Crippen LogP contribution in [0.4, 0.5) is 0 Å². The molecule has 0 heterocycles. The zero-order chi connectivity index (χ0) is 34.2. The van der Waals surface area contributed by atoms with Crippen molar-refractivity contribution in [1.82, 2.24) is 0 Å². The summed E-state index contributed by atoms with van der Waals surface area (Å²) in [6, 6.07) is 11.2. The lowest BCUT2D eigenvalue weighted by Gasteiger charge is -2.69. The van der Waals surface area contributed by atoms with Crippen LogP contribution in [0.25, 0.3) is 0 Å². The first-order chi connectivity index (χ1) is 25.2. The molecule has 16 aliphatic carbocycles. The molecule has 1 aromatic rings. The van der Waals surface area contributed by atoms with Gasteiger partial charge in [0.25, 0.3) is 0 Å². The minimum absolute atomic E-state index is 0.0174. The summed E-state index contributed by atoms with van der Waals surface area (Å²) >= 11 is 0. The molecule has 16 fully saturated rings. The van der Waals surface area contributed by atoms with Crippen molar-refractivity contribution in [2.45, 2.75) is 186 Å². The summed E-state index contributed by atoms with van der Waals surface area (Å²) in [5, 5.41) is 2.91. The van der Waals surface area contributed by atoms with Crippen molar-refractivity contribution in [2.75, 3.05) is 0 Å². The molecule has 0 N–H and O–H groups in total. The molecular formula is C48H70B2P2. The largest absolute Gasteiger partial charge is 0.116 e. The van der Waals surface area contributed by atoms with E-state index in [2.05, 4.69) is 40.0 Å². The Morgan fingerprint density at radius 3 is 0.635 bits per heavy atom. The van der Waals surface area contributed by atoms with Gasteiger partial charge in [-0.1, -0.05) is 40.1 Å². The minimum Gasteiger partial charge on any atom is -0.0945 e. The molecule has 0 nitrogen and oxygen atoms in total. The number of rotatable bonds is 8. The molecular weight excluding hydrogens is 660 g/mol. The molecule has 0 radical (unpaired) electrons. The van der Waals surface area contributed by atoms with E-state index in [0.717, 1.165) is 103 Å². The summed E-state index contributed by atoms with van der Waals surface area (Å²) in [6.45, 7) is 0. The molecule has 278 valence electrons. The van der Waals surface area contributed by atoms with Gasteiger partial charge >= 0.3 is 0 Å².